The molecule has 4 heteroatoms. The molecular formula is C13H17ClN2O. The Morgan fingerprint density at radius 3 is 2.53 bits per heavy atom. The van der Waals surface area contributed by atoms with Crippen molar-refractivity contribution in [3.05, 3.63) is 33.8 Å². The van der Waals surface area contributed by atoms with Crippen molar-refractivity contribution in [2.75, 3.05) is 26.2 Å². The summed E-state index contributed by atoms with van der Waals surface area (Å²) < 4.78 is 0. The first-order valence-electron chi connectivity index (χ1n) is 5.86. The Labute approximate surface area is 107 Å². The van der Waals surface area contributed by atoms with E-state index in [2.05, 4.69) is 5.32 Å². The van der Waals surface area contributed by atoms with E-state index in [0.717, 1.165) is 47.9 Å². The summed E-state index contributed by atoms with van der Waals surface area (Å²) in [6.45, 7) is 7.16. The second-order valence-electron chi connectivity index (χ2n) is 4.46. The largest absolute Gasteiger partial charge is 0.336 e. The first-order chi connectivity index (χ1) is 8.09. The van der Waals surface area contributed by atoms with E-state index >= 15 is 0 Å². The third-order valence-electron chi connectivity index (χ3n) is 3.14. The number of benzene rings is 1. The highest BCUT2D eigenvalue weighted by Crippen LogP contribution is 2.21. The Kier molecular flexibility index (Phi) is 3.69. The molecule has 1 aliphatic heterocycles. The van der Waals surface area contributed by atoms with Gasteiger partial charge in [0.2, 0.25) is 0 Å². The molecule has 92 valence electrons. The highest BCUT2D eigenvalue weighted by atomic mass is 35.5. The topological polar surface area (TPSA) is 32.3 Å². The zero-order valence-corrected chi connectivity index (χ0v) is 11.0. The van der Waals surface area contributed by atoms with E-state index < -0.39 is 0 Å². The summed E-state index contributed by atoms with van der Waals surface area (Å²) in [5.74, 6) is 0.115. The molecular weight excluding hydrogens is 236 g/mol. The molecule has 1 aromatic rings. The number of halogens is 1. The molecule has 2 rings (SSSR count). The molecule has 1 amide bonds. The molecule has 1 N–H and O–H groups in total. The number of nitrogens with zero attached hydrogens (tertiary/aromatic N) is 1. The maximum absolute atomic E-state index is 12.3. The highest BCUT2D eigenvalue weighted by Gasteiger charge is 2.19. The van der Waals surface area contributed by atoms with Gasteiger partial charge in [-0.1, -0.05) is 11.6 Å². The van der Waals surface area contributed by atoms with Crippen LogP contribution in [0.1, 0.15) is 21.5 Å². The molecule has 0 aromatic heterocycles. The van der Waals surface area contributed by atoms with Crippen LogP contribution in [0.15, 0.2) is 12.1 Å². The van der Waals surface area contributed by atoms with E-state index in [0.29, 0.717) is 0 Å². The number of piperazine rings is 1. The summed E-state index contributed by atoms with van der Waals surface area (Å²) in [6, 6.07) is 3.76. The number of carbonyl (C=O) groups excluding carboxylic acids is 1. The molecule has 0 atom stereocenters. The molecule has 1 saturated heterocycles. The lowest BCUT2D eigenvalue weighted by molar-refractivity contribution is 0.0735. The van der Waals surface area contributed by atoms with Crippen molar-refractivity contribution in [2.24, 2.45) is 0 Å². The van der Waals surface area contributed by atoms with Crippen molar-refractivity contribution in [3.8, 4) is 0 Å². The molecule has 0 unspecified atom stereocenters. The van der Waals surface area contributed by atoms with Gasteiger partial charge in [-0.2, -0.15) is 0 Å². The average molecular weight is 253 g/mol. The van der Waals surface area contributed by atoms with Crippen LogP contribution in [0.3, 0.4) is 0 Å². The lowest BCUT2D eigenvalue weighted by Crippen LogP contribution is -2.46. The van der Waals surface area contributed by atoms with Crippen molar-refractivity contribution in [1.29, 1.82) is 0 Å². The molecule has 17 heavy (non-hydrogen) atoms. The summed E-state index contributed by atoms with van der Waals surface area (Å²) in [4.78, 5) is 14.2. The van der Waals surface area contributed by atoms with Crippen LogP contribution in [0.25, 0.3) is 0 Å². The number of nitrogens with one attached hydrogen (secondary N) is 1. The van der Waals surface area contributed by atoms with E-state index in [4.69, 9.17) is 11.6 Å². The summed E-state index contributed by atoms with van der Waals surface area (Å²) in [5, 5.41) is 3.96. The van der Waals surface area contributed by atoms with Crippen LogP contribution >= 0.6 is 11.6 Å². The van der Waals surface area contributed by atoms with Gasteiger partial charge in [-0.15, -0.1) is 0 Å². The summed E-state index contributed by atoms with van der Waals surface area (Å²) in [7, 11) is 0. The number of amides is 1. The van der Waals surface area contributed by atoms with Crippen LogP contribution in [0.4, 0.5) is 0 Å². The zero-order chi connectivity index (χ0) is 12.4. The third kappa shape index (κ3) is 2.61. The second-order valence-corrected chi connectivity index (χ2v) is 4.87. The van der Waals surface area contributed by atoms with Gasteiger partial charge in [0.1, 0.15) is 0 Å². The number of hydrogen-bond acceptors (Lipinski definition) is 2. The molecule has 0 spiro atoms. The molecule has 3 nitrogen and oxygen atoms in total. The monoisotopic (exact) mass is 252 g/mol. The molecule has 0 aliphatic carbocycles. The number of aryl methyl sites for hydroxylation is 2. The maximum atomic E-state index is 12.3. The standard InChI is InChI=1S/C13H17ClN2O/c1-9-8-12(14)10(2)7-11(9)13(17)16-5-3-15-4-6-16/h7-8,15H,3-6H2,1-2H3. The lowest BCUT2D eigenvalue weighted by atomic mass is 10.0. The van der Waals surface area contributed by atoms with E-state index in [1.54, 1.807) is 0 Å². The minimum Gasteiger partial charge on any atom is -0.336 e. The predicted molar refractivity (Wildman–Crippen MR) is 69.7 cm³/mol. The molecule has 0 radical (unpaired) electrons. The molecule has 1 aromatic carbocycles. The van der Waals surface area contributed by atoms with Gasteiger partial charge in [0.15, 0.2) is 0 Å². The fraction of sp³-hybridized carbons (Fsp3) is 0.462. The van der Waals surface area contributed by atoms with Crippen molar-refractivity contribution < 1.29 is 4.79 Å². The Morgan fingerprint density at radius 2 is 1.88 bits per heavy atom. The first-order valence-corrected chi connectivity index (χ1v) is 6.24. The van der Waals surface area contributed by atoms with Crippen LogP contribution in [-0.2, 0) is 0 Å². The van der Waals surface area contributed by atoms with Crippen molar-refractivity contribution in [3.63, 3.8) is 0 Å². The molecule has 1 aliphatic rings. The fourth-order valence-electron chi connectivity index (χ4n) is 2.05. The van der Waals surface area contributed by atoms with Gasteiger partial charge in [-0.25, -0.2) is 0 Å². The van der Waals surface area contributed by atoms with Gasteiger partial charge in [-0.05, 0) is 37.1 Å². The van der Waals surface area contributed by atoms with Crippen LogP contribution in [0.2, 0.25) is 5.02 Å². The van der Waals surface area contributed by atoms with Crippen LogP contribution < -0.4 is 5.32 Å². The van der Waals surface area contributed by atoms with E-state index in [1.807, 2.05) is 30.9 Å². The summed E-state index contributed by atoms with van der Waals surface area (Å²) in [6.07, 6.45) is 0. The third-order valence-corrected chi connectivity index (χ3v) is 3.55. The minimum atomic E-state index is 0.115. The van der Waals surface area contributed by atoms with Crippen molar-refractivity contribution in [2.45, 2.75) is 13.8 Å². The van der Waals surface area contributed by atoms with Crippen LogP contribution in [-0.4, -0.2) is 37.0 Å². The lowest BCUT2D eigenvalue weighted by Gasteiger charge is -2.28. The van der Waals surface area contributed by atoms with E-state index in [1.165, 1.54) is 0 Å². The smallest absolute Gasteiger partial charge is 0.254 e. The van der Waals surface area contributed by atoms with Gasteiger partial charge in [-0.3, -0.25) is 4.79 Å². The Balaban J connectivity index is 2.26. The Hall–Kier alpha value is -1.06. The van der Waals surface area contributed by atoms with Gasteiger partial charge >= 0.3 is 0 Å². The minimum absolute atomic E-state index is 0.115. The normalized spacial score (nSPS) is 16.1. The van der Waals surface area contributed by atoms with Crippen molar-refractivity contribution in [1.82, 2.24) is 10.2 Å². The fourth-order valence-corrected chi connectivity index (χ4v) is 2.27. The zero-order valence-electron chi connectivity index (χ0n) is 10.2. The predicted octanol–water partition coefficient (Wildman–Crippen LogP) is 2.00. The quantitative estimate of drug-likeness (QED) is 0.829. The van der Waals surface area contributed by atoms with Crippen molar-refractivity contribution >= 4 is 17.5 Å². The SMILES string of the molecule is Cc1cc(C(=O)N2CCNCC2)c(C)cc1Cl. The number of carbonyl (C=O) groups is 1. The van der Waals surface area contributed by atoms with Gasteiger partial charge in [0, 0.05) is 36.8 Å². The molecule has 1 heterocycles. The maximum Gasteiger partial charge on any atom is 0.254 e. The number of rotatable bonds is 1. The first kappa shape index (κ1) is 12.4. The van der Waals surface area contributed by atoms with Gasteiger partial charge < -0.3 is 10.2 Å². The Morgan fingerprint density at radius 1 is 1.24 bits per heavy atom. The van der Waals surface area contributed by atoms with Crippen LogP contribution in [0, 0.1) is 13.8 Å². The second kappa shape index (κ2) is 5.07. The van der Waals surface area contributed by atoms with E-state index in [-0.39, 0.29) is 5.91 Å². The van der Waals surface area contributed by atoms with Crippen LogP contribution in [0.5, 0.6) is 0 Å². The highest BCUT2D eigenvalue weighted by molar-refractivity contribution is 6.31. The van der Waals surface area contributed by atoms with E-state index in [9.17, 15) is 4.79 Å². The van der Waals surface area contributed by atoms with Gasteiger partial charge in [0.05, 0.1) is 0 Å². The average Bonchev–Trinajstić information content (AvgIpc) is 2.34. The molecule has 1 fully saturated rings. The summed E-state index contributed by atoms with van der Waals surface area (Å²) in [5.41, 5.74) is 2.67. The number of hydrogen-bond donors (Lipinski definition) is 1. The van der Waals surface area contributed by atoms with Gasteiger partial charge in [0.25, 0.3) is 5.91 Å². The summed E-state index contributed by atoms with van der Waals surface area (Å²) >= 11 is 6.04. The Bertz CT molecular complexity index is 439. The molecule has 0 saturated carbocycles. The molecule has 0 bridgehead atoms.